The molecule has 2 N–H and O–H groups in total. The summed E-state index contributed by atoms with van der Waals surface area (Å²) < 4.78 is 0. The third kappa shape index (κ3) is 3.78. The van der Waals surface area contributed by atoms with Crippen LogP contribution in [0.25, 0.3) is 0 Å². The number of rotatable bonds is 5. The number of aromatic nitrogens is 1. The van der Waals surface area contributed by atoms with Gasteiger partial charge in [0.1, 0.15) is 0 Å². The van der Waals surface area contributed by atoms with Crippen molar-refractivity contribution in [2.75, 3.05) is 0 Å². The number of nitrogens with zero attached hydrogens (tertiary/aromatic N) is 1. The molecule has 1 aromatic heterocycles. The molecule has 1 aromatic rings. The fourth-order valence-electron chi connectivity index (χ4n) is 2.33. The van der Waals surface area contributed by atoms with Crippen LogP contribution in [-0.2, 0) is 11.3 Å². The van der Waals surface area contributed by atoms with Gasteiger partial charge in [-0.1, -0.05) is 0 Å². The maximum Gasteiger partial charge on any atom is 0.220 e. The summed E-state index contributed by atoms with van der Waals surface area (Å²) in [6, 6.07) is 0.756. The SMILES string of the molecule is Cc1ncsc1CNC(C)CC1CCCC(=O)N1. The van der Waals surface area contributed by atoms with Crippen LogP contribution in [0.4, 0.5) is 0 Å². The molecule has 18 heavy (non-hydrogen) atoms. The van der Waals surface area contributed by atoms with Gasteiger partial charge < -0.3 is 10.6 Å². The predicted molar refractivity (Wildman–Crippen MR) is 73.6 cm³/mol. The van der Waals surface area contributed by atoms with E-state index in [-0.39, 0.29) is 5.91 Å². The molecule has 0 bridgehead atoms. The Morgan fingerprint density at radius 3 is 3.17 bits per heavy atom. The number of nitrogens with one attached hydrogen (secondary N) is 2. The first-order valence-corrected chi connectivity index (χ1v) is 7.45. The summed E-state index contributed by atoms with van der Waals surface area (Å²) in [5.41, 5.74) is 3.00. The molecule has 1 saturated heterocycles. The van der Waals surface area contributed by atoms with Gasteiger partial charge in [-0.05, 0) is 33.1 Å². The third-order valence-electron chi connectivity index (χ3n) is 3.42. The molecule has 100 valence electrons. The number of hydrogen-bond donors (Lipinski definition) is 2. The van der Waals surface area contributed by atoms with Crippen molar-refractivity contribution in [3.8, 4) is 0 Å². The highest BCUT2D eigenvalue weighted by Crippen LogP contribution is 2.15. The minimum absolute atomic E-state index is 0.205. The Bertz CT molecular complexity index is 405. The Labute approximate surface area is 112 Å². The molecule has 0 saturated carbocycles. The quantitative estimate of drug-likeness (QED) is 0.858. The maximum absolute atomic E-state index is 11.3. The second-order valence-electron chi connectivity index (χ2n) is 5.04. The van der Waals surface area contributed by atoms with Gasteiger partial charge in [0.2, 0.25) is 5.91 Å². The minimum Gasteiger partial charge on any atom is -0.353 e. The van der Waals surface area contributed by atoms with Crippen molar-refractivity contribution in [1.82, 2.24) is 15.6 Å². The summed E-state index contributed by atoms with van der Waals surface area (Å²) in [5.74, 6) is 0.205. The Kier molecular flexibility index (Phi) is 4.72. The molecule has 1 aliphatic heterocycles. The molecule has 1 fully saturated rings. The molecule has 0 spiro atoms. The zero-order valence-electron chi connectivity index (χ0n) is 11.0. The van der Waals surface area contributed by atoms with Gasteiger partial charge in [0.25, 0.3) is 0 Å². The van der Waals surface area contributed by atoms with Gasteiger partial charge in [-0.2, -0.15) is 0 Å². The van der Waals surface area contributed by atoms with Crippen molar-refractivity contribution in [2.45, 2.75) is 58.2 Å². The molecule has 2 unspecified atom stereocenters. The van der Waals surface area contributed by atoms with Crippen LogP contribution in [0.15, 0.2) is 5.51 Å². The highest BCUT2D eigenvalue weighted by atomic mass is 32.1. The Morgan fingerprint density at radius 2 is 2.50 bits per heavy atom. The van der Waals surface area contributed by atoms with Crippen LogP contribution in [0, 0.1) is 6.92 Å². The zero-order valence-corrected chi connectivity index (χ0v) is 11.8. The summed E-state index contributed by atoms with van der Waals surface area (Å²) in [6.45, 7) is 5.09. The van der Waals surface area contributed by atoms with E-state index in [1.54, 1.807) is 11.3 Å². The van der Waals surface area contributed by atoms with Crippen LogP contribution in [0.2, 0.25) is 0 Å². The smallest absolute Gasteiger partial charge is 0.220 e. The lowest BCUT2D eigenvalue weighted by Gasteiger charge is -2.26. The number of piperidine rings is 1. The molecule has 0 radical (unpaired) electrons. The van der Waals surface area contributed by atoms with Crippen molar-refractivity contribution in [2.24, 2.45) is 0 Å². The van der Waals surface area contributed by atoms with Gasteiger partial charge in [-0.15, -0.1) is 11.3 Å². The lowest BCUT2D eigenvalue weighted by atomic mass is 9.98. The summed E-state index contributed by atoms with van der Waals surface area (Å²) >= 11 is 1.69. The van der Waals surface area contributed by atoms with Crippen LogP contribution >= 0.6 is 11.3 Å². The van der Waals surface area contributed by atoms with Gasteiger partial charge in [-0.3, -0.25) is 4.79 Å². The number of carbonyl (C=O) groups excluding carboxylic acids is 1. The third-order valence-corrected chi connectivity index (χ3v) is 4.35. The second-order valence-corrected chi connectivity index (χ2v) is 5.97. The van der Waals surface area contributed by atoms with Crippen molar-refractivity contribution in [3.63, 3.8) is 0 Å². The topological polar surface area (TPSA) is 54.0 Å². The number of aryl methyl sites for hydroxylation is 1. The molecule has 1 aliphatic rings. The predicted octanol–water partition coefficient (Wildman–Crippen LogP) is 1.99. The lowest BCUT2D eigenvalue weighted by molar-refractivity contribution is -0.123. The van der Waals surface area contributed by atoms with E-state index in [0.717, 1.165) is 31.5 Å². The molecule has 0 aromatic carbocycles. The van der Waals surface area contributed by atoms with Crippen LogP contribution in [0.3, 0.4) is 0 Å². The number of amides is 1. The van der Waals surface area contributed by atoms with Crippen LogP contribution in [0.1, 0.15) is 43.2 Å². The van der Waals surface area contributed by atoms with E-state index in [1.165, 1.54) is 4.88 Å². The van der Waals surface area contributed by atoms with Crippen molar-refractivity contribution < 1.29 is 4.79 Å². The van der Waals surface area contributed by atoms with Gasteiger partial charge in [-0.25, -0.2) is 4.98 Å². The van der Waals surface area contributed by atoms with E-state index in [9.17, 15) is 4.79 Å². The van der Waals surface area contributed by atoms with Crippen LogP contribution in [0.5, 0.6) is 0 Å². The molecule has 2 atom stereocenters. The van der Waals surface area contributed by atoms with E-state index in [1.807, 2.05) is 12.4 Å². The minimum atomic E-state index is 0.205. The molecule has 2 rings (SSSR count). The fourth-order valence-corrected chi connectivity index (χ4v) is 3.06. The highest BCUT2D eigenvalue weighted by Gasteiger charge is 2.19. The van der Waals surface area contributed by atoms with Crippen LogP contribution < -0.4 is 10.6 Å². The van der Waals surface area contributed by atoms with Gasteiger partial charge in [0, 0.05) is 29.9 Å². The number of hydrogen-bond acceptors (Lipinski definition) is 4. The standard InChI is InChI=1S/C13H21N3OS/c1-9(6-11-4-3-5-13(17)16-11)14-7-12-10(2)15-8-18-12/h8-9,11,14H,3-7H2,1-2H3,(H,16,17). The summed E-state index contributed by atoms with van der Waals surface area (Å²) in [5, 5.41) is 6.57. The van der Waals surface area contributed by atoms with Gasteiger partial charge >= 0.3 is 0 Å². The Morgan fingerprint density at radius 1 is 1.67 bits per heavy atom. The molecular weight excluding hydrogens is 246 g/mol. The van der Waals surface area contributed by atoms with E-state index >= 15 is 0 Å². The van der Waals surface area contributed by atoms with Gasteiger partial charge in [0.15, 0.2) is 0 Å². The Balaban J connectivity index is 1.73. The average Bonchev–Trinajstić information content (AvgIpc) is 2.72. The first kappa shape index (κ1) is 13.5. The molecule has 0 aliphatic carbocycles. The number of carbonyl (C=O) groups is 1. The summed E-state index contributed by atoms with van der Waals surface area (Å²) in [4.78, 5) is 16.8. The Hall–Kier alpha value is -0.940. The molecule has 4 nitrogen and oxygen atoms in total. The monoisotopic (exact) mass is 267 g/mol. The first-order chi connectivity index (χ1) is 8.65. The second kappa shape index (κ2) is 6.29. The fraction of sp³-hybridized carbons (Fsp3) is 0.692. The van der Waals surface area contributed by atoms with E-state index in [2.05, 4.69) is 22.5 Å². The largest absolute Gasteiger partial charge is 0.353 e. The first-order valence-electron chi connectivity index (χ1n) is 6.57. The van der Waals surface area contributed by atoms with E-state index in [4.69, 9.17) is 0 Å². The van der Waals surface area contributed by atoms with Gasteiger partial charge in [0.05, 0.1) is 11.2 Å². The molecule has 1 amide bonds. The maximum atomic E-state index is 11.3. The number of thiazole rings is 1. The van der Waals surface area contributed by atoms with Crippen molar-refractivity contribution in [3.05, 3.63) is 16.1 Å². The van der Waals surface area contributed by atoms with E-state index < -0.39 is 0 Å². The van der Waals surface area contributed by atoms with Crippen molar-refractivity contribution >= 4 is 17.2 Å². The molecular formula is C13H21N3OS. The summed E-state index contributed by atoms with van der Waals surface area (Å²) in [6.07, 6.45) is 3.83. The molecule has 5 heteroatoms. The normalized spacial score (nSPS) is 21.7. The molecule has 2 heterocycles. The lowest BCUT2D eigenvalue weighted by Crippen LogP contribution is -2.42. The average molecular weight is 267 g/mol. The zero-order chi connectivity index (χ0) is 13.0. The van der Waals surface area contributed by atoms with Crippen molar-refractivity contribution in [1.29, 1.82) is 0 Å². The highest BCUT2D eigenvalue weighted by molar-refractivity contribution is 7.09. The van der Waals surface area contributed by atoms with E-state index in [0.29, 0.717) is 18.5 Å². The summed E-state index contributed by atoms with van der Waals surface area (Å²) in [7, 11) is 0. The van der Waals surface area contributed by atoms with Crippen LogP contribution in [-0.4, -0.2) is 23.0 Å².